The standard InChI is InChI=1S/C34H27Cl2FN2O6/c1-45-26-15-19(7-14-25(26)40)28-22-12-13-23-27(30(42)38(29(23)41)17-18-5-3-2-4-6-18)24(22)16-33(35)31(43)39(32(44)34(28,33)36)21-10-8-20(37)9-11-21/h2-12,14-15,23-24,27-28,40H,13,16-17H2,1H3/t23-,24+,27-,28-,33+,34-/m0/s1. The van der Waals surface area contributed by atoms with E-state index >= 15 is 0 Å². The molecular formula is C34H27Cl2FN2O6. The number of hydrogen-bond acceptors (Lipinski definition) is 6. The molecule has 7 rings (SSSR count). The molecule has 2 aliphatic heterocycles. The molecule has 2 heterocycles. The van der Waals surface area contributed by atoms with Crippen molar-refractivity contribution in [3.05, 3.63) is 101 Å². The van der Waals surface area contributed by atoms with Gasteiger partial charge in [0, 0.05) is 5.92 Å². The van der Waals surface area contributed by atoms with Crippen molar-refractivity contribution in [3.8, 4) is 11.5 Å². The number of imide groups is 2. The highest BCUT2D eigenvalue weighted by Crippen LogP contribution is 2.66. The van der Waals surface area contributed by atoms with Crippen LogP contribution in [0.1, 0.15) is 29.9 Å². The number of phenolic OH excluding ortho intramolecular Hbond substituents is 1. The SMILES string of the molecule is COc1cc([C@H]2C3=CC[C@@H]4C(=O)N(Cc5ccccc5)C(=O)[C@@H]4[C@@H]3C[C@@]3(Cl)C(=O)N(c4ccc(F)cc4)C(=O)[C@@]23Cl)ccc1O. The maximum atomic E-state index is 14.4. The van der Waals surface area contributed by atoms with Gasteiger partial charge in [-0.1, -0.05) is 48.0 Å². The summed E-state index contributed by atoms with van der Waals surface area (Å²) in [5, 5.41) is 10.4. The predicted octanol–water partition coefficient (Wildman–Crippen LogP) is 5.30. The number of phenols is 1. The van der Waals surface area contributed by atoms with Crippen LogP contribution in [0.25, 0.3) is 0 Å². The van der Waals surface area contributed by atoms with E-state index in [4.69, 9.17) is 27.9 Å². The van der Waals surface area contributed by atoms with E-state index in [9.17, 15) is 28.7 Å². The van der Waals surface area contributed by atoms with Gasteiger partial charge in [0.15, 0.2) is 21.2 Å². The Labute approximate surface area is 268 Å². The van der Waals surface area contributed by atoms with Gasteiger partial charge in [-0.05, 0) is 66.3 Å². The number of halogens is 3. The molecular weight excluding hydrogens is 622 g/mol. The molecule has 8 nitrogen and oxygen atoms in total. The van der Waals surface area contributed by atoms with Crippen LogP contribution in [0, 0.1) is 23.6 Å². The molecule has 2 saturated heterocycles. The van der Waals surface area contributed by atoms with Crippen LogP contribution in [0.3, 0.4) is 0 Å². The number of anilines is 1. The fraction of sp³-hybridized carbons (Fsp3) is 0.294. The molecule has 4 aliphatic rings. The van der Waals surface area contributed by atoms with E-state index in [2.05, 4.69) is 0 Å². The Morgan fingerprint density at radius 3 is 2.33 bits per heavy atom. The van der Waals surface area contributed by atoms with Crippen LogP contribution < -0.4 is 9.64 Å². The molecule has 0 aromatic heterocycles. The minimum atomic E-state index is -2.08. The molecule has 6 atom stereocenters. The summed E-state index contributed by atoms with van der Waals surface area (Å²) < 4.78 is 19.2. The van der Waals surface area contributed by atoms with Gasteiger partial charge in [-0.2, -0.15) is 0 Å². The van der Waals surface area contributed by atoms with E-state index in [0.29, 0.717) is 11.1 Å². The minimum Gasteiger partial charge on any atom is -0.504 e. The minimum absolute atomic E-state index is 0.0962. The van der Waals surface area contributed by atoms with Crippen LogP contribution >= 0.6 is 23.2 Å². The zero-order valence-corrected chi connectivity index (χ0v) is 25.5. The van der Waals surface area contributed by atoms with Crippen molar-refractivity contribution in [3.63, 3.8) is 0 Å². The largest absolute Gasteiger partial charge is 0.504 e. The zero-order valence-electron chi connectivity index (χ0n) is 24.0. The van der Waals surface area contributed by atoms with E-state index in [1.54, 1.807) is 6.07 Å². The molecule has 230 valence electrons. The number of carbonyl (C=O) groups is 4. The number of carbonyl (C=O) groups excluding carboxylic acids is 4. The molecule has 0 radical (unpaired) electrons. The van der Waals surface area contributed by atoms with Crippen molar-refractivity contribution in [2.45, 2.75) is 35.1 Å². The van der Waals surface area contributed by atoms with Crippen molar-refractivity contribution >= 4 is 52.5 Å². The number of ether oxygens (including phenoxy) is 1. The fourth-order valence-electron chi connectivity index (χ4n) is 7.63. The number of benzene rings is 3. The van der Waals surface area contributed by atoms with Crippen LogP contribution in [0.4, 0.5) is 10.1 Å². The number of amides is 4. The summed E-state index contributed by atoms with van der Waals surface area (Å²) in [5.74, 6) is -6.13. The second-order valence-corrected chi connectivity index (χ2v) is 13.2. The van der Waals surface area contributed by atoms with E-state index in [1.807, 2.05) is 36.4 Å². The topological polar surface area (TPSA) is 104 Å². The molecule has 3 fully saturated rings. The van der Waals surface area contributed by atoms with Crippen molar-refractivity contribution in [2.75, 3.05) is 12.0 Å². The average Bonchev–Trinajstić information content (AvgIpc) is 3.36. The Balaban J connectivity index is 1.38. The number of alkyl halides is 2. The Morgan fingerprint density at radius 1 is 0.933 bits per heavy atom. The van der Waals surface area contributed by atoms with Gasteiger partial charge in [0.05, 0.1) is 31.2 Å². The average molecular weight is 650 g/mol. The summed E-state index contributed by atoms with van der Waals surface area (Å²) in [5.41, 5.74) is 1.93. The third-order valence-corrected chi connectivity index (χ3v) is 11.1. The van der Waals surface area contributed by atoms with Gasteiger partial charge in [-0.25, -0.2) is 9.29 Å². The first kappa shape index (κ1) is 29.5. The number of allylic oxidation sites excluding steroid dienone is 2. The van der Waals surface area contributed by atoms with Crippen molar-refractivity contribution < 1.29 is 33.4 Å². The van der Waals surface area contributed by atoms with Gasteiger partial charge in [0.2, 0.25) is 11.8 Å². The maximum Gasteiger partial charge on any atom is 0.258 e. The number of hydrogen-bond donors (Lipinski definition) is 1. The molecule has 1 saturated carbocycles. The summed E-state index contributed by atoms with van der Waals surface area (Å²) in [7, 11) is 1.37. The van der Waals surface area contributed by atoms with Crippen LogP contribution in [0.5, 0.6) is 11.5 Å². The van der Waals surface area contributed by atoms with Gasteiger partial charge >= 0.3 is 0 Å². The molecule has 1 N–H and O–H groups in total. The smallest absolute Gasteiger partial charge is 0.258 e. The van der Waals surface area contributed by atoms with Gasteiger partial charge in [0.1, 0.15) is 5.82 Å². The molecule has 3 aromatic rings. The third-order valence-electron chi connectivity index (χ3n) is 9.71. The van der Waals surface area contributed by atoms with Crippen molar-refractivity contribution in [1.82, 2.24) is 4.90 Å². The maximum absolute atomic E-state index is 14.4. The number of nitrogens with zero attached hydrogens (tertiary/aromatic N) is 2. The van der Waals surface area contributed by atoms with Crippen LogP contribution in [0.15, 0.2) is 84.4 Å². The first-order chi connectivity index (χ1) is 21.5. The van der Waals surface area contributed by atoms with Gasteiger partial charge in [-0.3, -0.25) is 24.1 Å². The highest BCUT2D eigenvalue weighted by molar-refractivity contribution is 6.58. The first-order valence-corrected chi connectivity index (χ1v) is 15.2. The highest BCUT2D eigenvalue weighted by Gasteiger charge is 2.76. The monoisotopic (exact) mass is 648 g/mol. The van der Waals surface area contributed by atoms with E-state index < -0.39 is 51.1 Å². The van der Waals surface area contributed by atoms with Crippen LogP contribution in [0.2, 0.25) is 0 Å². The van der Waals surface area contributed by atoms with Crippen molar-refractivity contribution in [1.29, 1.82) is 0 Å². The molecule has 3 aromatic carbocycles. The lowest BCUT2D eigenvalue weighted by molar-refractivity contribution is -0.141. The van der Waals surface area contributed by atoms with Gasteiger partial charge < -0.3 is 9.84 Å². The second-order valence-electron chi connectivity index (χ2n) is 11.9. The summed E-state index contributed by atoms with van der Waals surface area (Å²) in [6, 6.07) is 18.5. The summed E-state index contributed by atoms with van der Waals surface area (Å²) in [4.78, 5) is 54.5. The lowest BCUT2D eigenvalue weighted by Gasteiger charge is -2.50. The van der Waals surface area contributed by atoms with Crippen molar-refractivity contribution in [2.24, 2.45) is 17.8 Å². The Hall–Kier alpha value is -4.21. The molecule has 45 heavy (non-hydrogen) atoms. The molecule has 2 aliphatic carbocycles. The molecule has 11 heteroatoms. The Kier molecular flexibility index (Phi) is 6.83. The number of fused-ring (bicyclic) bond motifs is 4. The van der Waals surface area contributed by atoms with E-state index in [1.165, 1.54) is 36.3 Å². The van der Waals surface area contributed by atoms with E-state index in [0.717, 1.165) is 22.6 Å². The van der Waals surface area contributed by atoms with Gasteiger partial charge in [-0.15, -0.1) is 23.2 Å². The number of aromatic hydroxyl groups is 1. The number of methoxy groups -OCH3 is 1. The third kappa shape index (κ3) is 4.10. The number of likely N-dealkylation sites (tertiary alicyclic amines) is 1. The highest BCUT2D eigenvalue weighted by atomic mass is 35.5. The normalized spacial score (nSPS) is 30.6. The Bertz CT molecular complexity index is 1800. The second kappa shape index (κ2) is 10.4. The van der Waals surface area contributed by atoms with Crippen LogP contribution in [-0.2, 0) is 25.7 Å². The summed E-state index contributed by atoms with van der Waals surface area (Å²) in [6.07, 6.45) is 1.88. The molecule has 4 amide bonds. The van der Waals surface area contributed by atoms with Crippen LogP contribution in [-0.4, -0.2) is 50.5 Å². The van der Waals surface area contributed by atoms with Gasteiger partial charge in [0.25, 0.3) is 11.8 Å². The molecule has 0 bridgehead atoms. The summed E-state index contributed by atoms with van der Waals surface area (Å²) >= 11 is 14.7. The van der Waals surface area contributed by atoms with E-state index in [-0.39, 0.29) is 48.4 Å². The lowest BCUT2D eigenvalue weighted by atomic mass is 9.56. The summed E-state index contributed by atoms with van der Waals surface area (Å²) in [6.45, 7) is 0.105. The first-order valence-electron chi connectivity index (χ1n) is 14.5. The fourth-order valence-corrected chi connectivity index (χ4v) is 8.57. The molecule has 0 unspecified atom stereocenters. The molecule has 0 spiro atoms. The number of rotatable bonds is 5. The Morgan fingerprint density at radius 2 is 1.64 bits per heavy atom. The predicted molar refractivity (Wildman–Crippen MR) is 163 cm³/mol. The zero-order chi connectivity index (χ0) is 31.8. The lowest BCUT2D eigenvalue weighted by Crippen LogP contribution is -2.60. The quantitative estimate of drug-likeness (QED) is 0.229.